The second-order valence-electron chi connectivity index (χ2n) is 5.96. The van der Waals surface area contributed by atoms with Crippen molar-refractivity contribution in [2.24, 2.45) is 5.92 Å². The predicted octanol–water partition coefficient (Wildman–Crippen LogP) is 3.25. The number of piperidine rings is 1. The first-order chi connectivity index (χ1) is 10.8. The van der Waals surface area contributed by atoms with E-state index in [0.29, 0.717) is 12.5 Å². The molecule has 118 valence electrons. The smallest absolute Gasteiger partial charge is 0.0460 e. The molecule has 0 aliphatic carbocycles. The van der Waals surface area contributed by atoms with Crippen molar-refractivity contribution in [3.05, 3.63) is 52.2 Å². The molecule has 1 aliphatic heterocycles. The number of benzene rings is 1. The average molecular weight is 316 g/mol. The van der Waals surface area contributed by atoms with Gasteiger partial charge in [0, 0.05) is 43.4 Å². The van der Waals surface area contributed by atoms with Crippen LogP contribution in [0.1, 0.15) is 23.3 Å². The van der Waals surface area contributed by atoms with Crippen molar-refractivity contribution in [1.82, 2.24) is 5.32 Å². The number of hydrogen-bond donors (Lipinski definition) is 2. The molecule has 1 aliphatic rings. The van der Waals surface area contributed by atoms with Gasteiger partial charge in [-0.05, 0) is 47.9 Å². The third kappa shape index (κ3) is 4.09. The molecule has 0 atom stereocenters. The van der Waals surface area contributed by atoms with Gasteiger partial charge < -0.3 is 15.3 Å². The van der Waals surface area contributed by atoms with Gasteiger partial charge in [0.1, 0.15) is 0 Å². The first kappa shape index (κ1) is 15.5. The standard InChI is InChI=1S/C18H24N2OS/c21-14-16-7-9-20(10-8-16)17-5-3-15(4-6-17)12-19-13-18-2-1-11-22-18/h1-6,11,16,19,21H,7-10,12-14H2. The van der Waals surface area contributed by atoms with E-state index in [-0.39, 0.29) is 0 Å². The van der Waals surface area contributed by atoms with Gasteiger partial charge >= 0.3 is 0 Å². The Balaban J connectivity index is 1.48. The minimum Gasteiger partial charge on any atom is -0.396 e. The zero-order valence-electron chi connectivity index (χ0n) is 12.9. The van der Waals surface area contributed by atoms with Crippen LogP contribution in [0.5, 0.6) is 0 Å². The Morgan fingerprint density at radius 3 is 2.50 bits per heavy atom. The first-order valence-electron chi connectivity index (χ1n) is 8.03. The topological polar surface area (TPSA) is 35.5 Å². The number of anilines is 1. The summed E-state index contributed by atoms with van der Waals surface area (Å²) in [6, 6.07) is 13.1. The molecule has 0 unspecified atom stereocenters. The van der Waals surface area contributed by atoms with Crippen LogP contribution in [0.2, 0.25) is 0 Å². The lowest BCUT2D eigenvalue weighted by atomic mass is 9.97. The maximum atomic E-state index is 9.21. The van der Waals surface area contributed by atoms with Crippen LogP contribution >= 0.6 is 11.3 Å². The Morgan fingerprint density at radius 1 is 1.09 bits per heavy atom. The molecule has 2 aromatic rings. The van der Waals surface area contributed by atoms with Crippen molar-refractivity contribution in [2.45, 2.75) is 25.9 Å². The van der Waals surface area contributed by atoms with E-state index in [0.717, 1.165) is 39.0 Å². The quantitative estimate of drug-likeness (QED) is 0.859. The van der Waals surface area contributed by atoms with Crippen molar-refractivity contribution in [2.75, 3.05) is 24.6 Å². The minimum absolute atomic E-state index is 0.336. The monoisotopic (exact) mass is 316 g/mol. The number of nitrogens with one attached hydrogen (secondary N) is 1. The van der Waals surface area contributed by atoms with Gasteiger partial charge in [0.2, 0.25) is 0 Å². The Kier molecular flexibility index (Phi) is 5.48. The van der Waals surface area contributed by atoms with Crippen molar-refractivity contribution < 1.29 is 5.11 Å². The van der Waals surface area contributed by atoms with Crippen LogP contribution in [-0.4, -0.2) is 24.8 Å². The molecule has 22 heavy (non-hydrogen) atoms. The molecule has 1 aromatic carbocycles. The van der Waals surface area contributed by atoms with Gasteiger partial charge in [-0.1, -0.05) is 18.2 Å². The summed E-state index contributed by atoms with van der Waals surface area (Å²) in [7, 11) is 0. The van der Waals surface area contributed by atoms with Gasteiger partial charge in [0.25, 0.3) is 0 Å². The largest absolute Gasteiger partial charge is 0.396 e. The van der Waals surface area contributed by atoms with Crippen LogP contribution in [0.15, 0.2) is 41.8 Å². The molecule has 2 N–H and O–H groups in total. The van der Waals surface area contributed by atoms with E-state index in [2.05, 4.69) is 52.0 Å². The number of rotatable bonds is 6. The van der Waals surface area contributed by atoms with Gasteiger partial charge in [0.15, 0.2) is 0 Å². The molecular weight excluding hydrogens is 292 g/mol. The lowest BCUT2D eigenvalue weighted by Crippen LogP contribution is -2.34. The third-order valence-electron chi connectivity index (χ3n) is 4.38. The maximum absolute atomic E-state index is 9.21. The normalized spacial score (nSPS) is 16.1. The highest BCUT2D eigenvalue weighted by molar-refractivity contribution is 7.09. The summed E-state index contributed by atoms with van der Waals surface area (Å²) < 4.78 is 0. The SMILES string of the molecule is OCC1CCN(c2ccc(CNCc3cccs3)cc2)CC1. The number of nitrogens with zero attached hydrogens (tertiary/aromatic N) is 1. The highest BCUT2D eigenvalue weighted by Gasteiger charge is 2.18. The Labute approximate surface area is 136 Å². The molecule has 2 heterocycles. The van der Waals surface area contributed by atoms with Crippen molar-refractivity contribution in [1.29, 1.82) is 0 Å². The van der Waals surface area contributed by atoms with Gasteiger partial charge in [0.05, 0.1) is 0 Å². The fourth-order valence-electron chi connectivity index (χ4n) is 2.94. The van der Waals surface area contributed by atoms with E-state index in [1.165, 1.54) is 16.1 Å². The number of aliphatic hydroxyl groups excluding tert-OH is 1. The van der Waals surface area contributed by atoms with E-state index in [1.54, 1.807) is 11.3 Å². The Morgan fingerprint density at radius 2 is 1.86 bits per heavy atom. The fourth-order valence-corrected chi connectivity index (χ4v) is 3.62. The van der Waals surface area contributed by atoms with Gasteiger partial charge in [-0.2, -0.15) is 0 Å². The van der Waals surface area contributed by atoms with E-state index in [1.807, 2.05) is 0 Å². The molecule has 0 saturated carbocycles. The molecule has 0 spiro atoms. The van der Waals surface area contributed by atoms with Crippen LogP contribution in [-0.2, 0) is 13.1 Å². The number of hydrogen-bond acceptors (Lipinski definition) is 4. The third-order valence-corrected chi connectivity index (χ3v) is 5.26. The van der Waals surface area contributed by atoms with Gasteiger partial charge in [-0.15, -0.1) is 11.3 Å². The van der Waals surface area contributed by atoms with Crippen molar-refractivity contribution in [3.63, 3.8) is 0 Å². The molecule has 4 heteroatoms. The van der Waals surface area contributed by atoms with Crippen LogP contribution in [0, 0.1) is 5.92 Å². The lowest BCUT2D eigenvalue weighted by molar-refractivity contribution is 0.203. The van der Waals surface area contributed by atoms with E-state index in [4.69, 9.17) is 0 Å². The molecule has 1 aromatic heterocycles. The second kappa shape index (κ2) is 7.77. The number of thiophene rings is 1. The highest BCUT2D eigenvalue weighted by atomic mass is 32.1. The van der Waals surface area contributed by atoms with Crippen molar-refractivity contribution in [3.8, 4) is 0 Å². The predicted molar refractivity (Wildman–Crippen MR) is 93.3 cm³/mol. The van der Waals surface area contributed by atoms with Crippen LogP contribution in [0.25, 0.3) is 0 Å². The van der Waals surface area contributed by atoms with Crippen LogP contribution in [0.3, 0.4) is 0 Å². The van der Waals surface area contributed by atoms with Crippen LogP contribution in [0.4, 0.5) is 5.69 Å². The minimum atomic E-state index is 0.336. The summed E-state index contributed by atoms with van der Waals surface area (Å²) in [5.41, 5.74) is 2.63. The van der Waals surface area contributed by atoms with E-state index < -0.39 is 0 Å². The summed E-state index contributed by atoms with van der Waals surface area (Å²) in [5, 5.41) is 14.8. The summed E-state index contributed by atoms with van der Waals surface area (Å²) in [4.78, 5) is 3.80. The summed E-state index contributed by atoms with van der Waals surface area (Å²) in [6.07, 6.45) is 2.20. The highest BCUT2D eigenvalue weighted by Crippen LogP contribution is 2.23. The average Bonchev–Trinajstić information content (AvgIpc) is 3.09. The first-order valence-corrected chi connectivity index (χ1v) is 8.91. The summed E-state index contributed by atoms with van der Waals surface area (Å²) in [5.74, 6) is 0.497. The van der Waals surface area contributed by atoms with E-state index >= 15 is 0 Å². The molecule has 0 radical (unpaired) electrons. The van der Waals surface area contributed by atoms with Gasteiger partial charge in [-0.25, -0.2) is 0 Å². The zero-order valence-corrected chi connectivity index (χ0v) is 13.7. The summed E-state index contributed by atoms with van der Waals surface area (Å²) in [6.45, 7) is 4.30. The van der Waals surface area contributed by atoms with Crippen LogP contribution < -0.4 is 10.2 Å². The molecule has 3 rings (SSSR count). The zero-order chi connectivity index (χ0) is 15.2. The fraction of sp³-hybridized carbons (Fsp3) is 0.444. The molecule has 0 bridgehead atoms. The van der Waals surface area contributed by atoms with E-state index in [9.17, 15) is 5.11 Å². The second-order valence-corrected chi connectivity index (χ2v) is 6.99. The molecule has 0 amide bonds. The number of aliphatic hydroxyl groups is 1. The molecule has 1 saturated heterocycles. The van der Waals surface area contributed by atoms with Crippen molar-refractivity contribution >= 4 is 17.0 Å². The van der Waals surface area contributed by atoms with Gasteiger partial charge in [-0.3, -0.25) is 0 Å². The molecule has 3 nitrogen and oxygen atoms in total. The molecular formula is C18H24N2OS. The Bertz CT molecular complexity index is 545. The Hall–Kier alpha value is -1.36. The molecule has 1 fully saturated rings. The lowest BCUT2D eigenvalue weighted by Gasteiger charge is -2.33. The summed E-state index contributed by atoms with van der Waals surface area (Å²) >= 11 is 1.79. The maximum Gasteiger partial charge on any atom is 0.0460 e.